The fourth-order valence-electron chi connectivity index (χ4n) is 1.80. The highest BCUT2D eigenvalue weighted by Gasteiger charge is 2.24. The van der Waals surface area contributed by atoms with Gasteiger partial charge in [-0.05, 0) is 12.1 Å². The van der Waals surface area contributed by atoms with Crippen LogP contribution in [0, 0.1) is 0 Å². The van der Waals surface area contributed by atoms with Gasteiger partial charge in [0.05, 0.1) is 12.7 Å². The number of rotatable bonds is 5. The third kappa shape index (κ3) is 3.03. The Morgan fingerprint density at radius 2 is 1.70 bits per heavy atom. The second kappa shape index (κ2) is 6.52. The predicted molar refractivity (Wildman–Crippen MR) is 73.7 cm³/mol. The highest BCUT2D eigenvalue weighted by Crippen LogP contribution is 2.25. The largest absolute Gasteiger partial charge is 0.473 e. The molecule has 4 nitrogen and oxygen atoms in total. The molecule has 1 atom stereocenters. The van der Waals surface area contributed by atoms with Crippen molar-refractivity contribution in [3.05, 3.63) is 65.7 Å². The van der Waals surface area contributed by atoms with Crippen LogP contribution in [0.3, 0.4) is 0 Å². The van der Waals surface area contributed by atoms with Crippen LogP contribution in [0.25, 0.3) is 0 Å². The fraction of sp³-hybridized carbons (Fsp3) is 0.125. The molecule has 0 amide bonds. The number of ether oxygens (including phenoxy) is 2. The van der Waals surface area contributed by atoms with E-state index in [0.717, 1.165) is 0 Å². The summed E-state index contributed by atoms with van der Waals surface area (Å²) in [5, 5.41) is 0. The number of para-hydroxylation sites is 1. The van der Waals surface area contributed by atoms with E-state index in [1.165, 1.54) is 7.11 Å². The first-order valence-electron chi connectivity index (χ1n) is 6.10. The Bertz CT molecular complexity index is 592. The number of aldehydes is 1. The van der Waals surface area contributed by atoms with Crippen LogP contribution in [0.15, 0.2) is 54.6 Å². The monoisotopic (exact) mass is 270 g/mol. The van der Waals surface area contributed by atoms with Crippen molar-refractivity contribution in [2.24, 2.45) is 0 Å². The second-order valence-electron chi connectivity index (χ2n) is 4.09. The van der Waals surface area contributed by atoms with Gasteiger partial charge in [0.1, 0.15) is 5.75 Å². The minimum Gasteiger partial charge on any atom is -0.473 e. The maximum absolute atomic E-state index is 11.9. The van der Waals surface area contributed by atoms with E-state index in [-0.39, 0.29) is 0 Å². The lowest BCUT2D eigenvalue weighted by Gasteiger charge is -2.18. The lowest BCUT2D eigenvalue weighted by Crippen LogP contribution is -2.20. The smallest absolute Gasteiger partial charge is 0.351 e. The van der Waals surface area contributed by atoms with E-state index >= 15 is 0 Å². The molecule has 1 unspecified atom stereocenters. The molecule has 2 aromatic carbocycles. The molecule has 0 bridgehead atoms. The zero-order chi connectivity index (χ0) is 14.4. The Kier molecular flexibility index (Phi) is 4.50. The van der Waals surface area contributed by atoms with Gasteiger partial charge in [-0.3, -0.25) is 4.79 Å². The molecule has 102 valence electrons. The van der Waals surface area contributed by atoms with E-state index in [1.54, 1.807) is 48.5 Å². The number of hydrogen-bond acceptors (Lipinski definition) is 4. The zero-order valence-electron chi connectivity index (χ0n) is 11.0. The van der Waals surface area contributed by atoms with Gasteiger partial charge in [-0.25, -0.2) is 4.79 Å². The summed E-state index contributed by atoms with van der Waals surface area (Å²) in [6.07, 6.45) is -0.211. The summed E-state index contributed by atoms with van der Waals surface area (Å²) in [4.78, 5) is 22.9. The van der Waals surface area contributed by atoms with Gasteiger partial charge in [0.2, 0.25) is 6.10 Å². The van der Waals surface area contributed by atoms with Gasteiger partial charge in [-0.15, -0.1) is 0 Å². The van der Waals surface area contributed by atoms with Gasteiger partial charge in [0.25, 0.3) is 0 Å². The molecule has 0 N–H and O–H groups in total. The average molecular weight is 270 g/mol. The SMILES string of the molecule is COC(=O)C(Oc1ccccc1C=O)c1ccccc1. The van der Waals surface area contributed by atoms with Crippen LogP contribution in [0.5, 0.6) is 5.75 Å². The van der Waals surface area contributed by atoms with Gasteiger partial charge >= 0.3 is 5.97 Å². The van der Waals surface area contributed by atoms with Crippen LogP contribution in [0.4, 0.5) is 0 Å². The molecule has 0 radical (unpaired) electrons. The Balaban J connectivity index is 2.34. The predicted octanol–water partition coefficient (Wildman–Crippen LogP) is 2.79. The summed E-state index contributed by atoms with van der Waals surface area (Å²) in [5.74, 6) is -0.168. The molecule has 0 heterocycles. The van der Waals surface area contributed by atoms with Crippen LogP contribution >= 0.6 is 0 Å². The summed E-state index contributed by atoms with van der Waals surface area (Å²) in [6, 6.07) is 15.7. The topological polar surface area (TPSA) is 52.6 Å². The van der Waals surface area contributed by atoms with Crippen LogP contribution in [0.1, 0.15) is 22.0 Å². The van der Waals surface area contributed by atoms with E-state index in [0.29, 0.717) is 23.2 Å². The highest BCUT2D eigenvalue weighted by molar-refractivity contribution is 5.80. The first-order chi connectivity index (χ1) is 9.76. The van der Waals surface area contributed by atoms with Crippen LogP contribution in [0.2, 0.25) is 0 Å². The van der Waals surface area contributed by atoms with E-state index in [9.17, 15) is 9.59 Å². The molecule has 0 aliphatic rings. The first kappa shape index (κ1) is 13.8. The molecule has 0 aromatic heterocycles. The van der Waals surface area contributed by atoms with Crippen LogP contribution in [-0.2, 0) is 9.53 Å². The first-order valence-corrected chi connectivity index (χ1v) is 6.10. The van der Waals surface area contributed by atoms with Crippen molar-refractivity contribution in [1.82, 2.24) is 0 Å². The summed E-state index contributed by atoms with van der Waals surface area (Å²) in [7, 11) is 1.30. The Morgan fingerprint density at radius 1 is 1.05 bits per heavy atom. The third-order valence-electron chi connectivity index (χ3n) is 2.81. The molecular weight excluding hydrogens is 256 g/mol. The quantitative estimate of drug-likeness (QED) is 0.619. The second-order valence-corrected chi connectivity index (χ2v) is 4.09. The Morgan fingerprint density at radius 3 is 2.35 bits per heavy atom. The van der Waals surface area contributed by atoms with Gasteiger partial charge in [-0.2, -0.15) is 0 Å². The van der Waals surface area contributed by atoms with Crippen molar-refractivity contribution >= 4 is 12.3 Å². The lowest BCUT2D eigenvalue weighted by molar-refractivity contribution is -0.149. The van der Waals surface area contributed by atoms with Crippen molar-refractivity contribution < 1.29 is 19.1 Å². The third-order valence-corrected chi connectivity index (χ3v) is 2.81. The number of hydrogen-bond donors (Lipinski definition) is 0. The molecule has 0 aliphatic heterocycles. The van der Waals surface area contributed by atoms with Crippen molar-refractivity contribution in [3.63, 3.8) is 0 Å². The molecule has 0 fully saturated rings. The van der Waals surface area contributed by atoms with Crippen molar-refractivity contribution in [2.45, 2.75) is 6.10 Å². The standard InChI is InChI=1S/C16H14O4/c1-19-16(18)15(12-7-3-2-4-8-12)20-14-10-6-5-9-13(14)11-17/h2-11,15H,1H3. The van der Waals surface area contributed by atoms with Crippen LogP contribution < -0.4 is 4.74 Å². The Labute approximate surface area is 116 Å². The highest BCUT2D eigenvalue weighted by atomic mass is 16.6. The number of methoxy groups -OCH3 is 1. The molecule has 0 saturated heterocycles. The fourth-order valence-corrected chi connectivity index (χ4v) is 1.80. The molecule has 0 spiro atoms. The molecule has 0 aliphatic carbocycles. The Hall–Kier alpha value is -2.62. The van der Waals surface area contributed by atoms with E-state index < -0.39 is 12.1 Å². The maximum atomic E-state index is 11.9. The molecule has 20 heavy (non-hydrogen) atoms. The van der Waals surface area contributed by atoms with Crippen molar-refractivity contribution in [2.75, 3.05) is 7.11 Å². The molecule has 2 aromatic rings. The van der Waals surface area contributed by atoms with Crippen LogP contribution in [-0.4, -0.2) is 19.4 Å². The molecular formula is C16H14O4. The number of benzene rings is 2. The normalized spacial score (nSPS) is 11.4. The van der Waals surface area contributed by atoms with Gasteiger partial charge in [0, 0.05) is 5.56 Å². The molecule has 0 saturated carbocycles. The summed E-state index contributed by atoms with van der Waals surface area (Å²) < 4.78 is 10.4. The summed E-state index contributed by atoms with van der Waals surface area (Å²) in [5.41, 5.74) is 1.05. The number of esters is 1. The van der Waals surface area contributed by atoms with E-state index in [2.05, 4.69) is 0 Å². The lowest BCUT2D eigenvalue weighted by atomic mass is 10.1. The van der Waals surface area contributed by atoms with Gasteiger partial charge < -0.3 is 9.47 Å². The summed E-state index contributed by atoms with van der Waals surface area (Å²) >= 11 is 0. The molecule has 4 heteroatoms. The zero-order valence-corrected chi connectivity index (χ0v) is 11.0. The molecule has 2 rings (SSSR count). The maximum Gasteiger partial charge on any atom is 0.351 e. The summed E-state index contributed by atoms with van der Waals surface area (Å²) in [6.45, 7) is 0. The van der Waals surface area contributed by atoms with Gasteiger partial charge in [-0.1, -0.05) is 42.5 Å². The average Bonchev–Trinajstić information content (AvgIpc) is 2.53. The van der Waals surface area contributed by atoms with E-state index in [4.69, 9.17) is 9.47 Å². The minimum absolute atomic E-state index is 0.349. The van der Waals surface area contributed by atoms with Crippen molar-refractivity contribution in [3.8, 4) is 5.75 Å². The number of carbonyl (C=O) groups excluding carboxylic acids is 2. The van der Waals surface area contributed by atoms with Gasteiger partial charge in [0.15, 0.2) is 6.29 Å². The van der Waals surface area contributed by atoms with E-state index in [1.807, 2.05) is 6.07 Å². The number of carbonyl (C=O) groups is 2. The van der Waals surface area contributed by atoms with Crippen molar-refractivity contribution in [1.29, 1.82) is 0 Å². The minimum atomic E-state index is -0.901.